The molecule has 5 rings (SSSR count). The molecule has 1 unspecified atom stereocenters. The molecule has 2 aromatic carbocycles. The number of nitrogens with one attached hydrogen (secondary N) is 1. The summed E-state index contributed by atoms with van der Waals surface area (Å²) in [7, 11) is -1.63. The van der Waals surface area contributed by atoms with Gasteiger partial charge in [-0.15, -0.1) is 21.6 Å². The molecule has 0 fully saturated rings. The number of thiophene rings is 1. The van der Waals surface area contributed by atoms with Crippen LogP contribution in [0.1, 0.15) is 60.7 Å². The molecule has 2 aliphatic carbocycles. The zero-order valence-electron chi connectivity index (χ0n) is 20.2. The largest absolute Gasteiger partial charge is 0.267 e. The molecule has 170 valence electrons. The Morgan fingerprint density at radius 3 is 2.06 bits per heavy atom. The summed E-state index contributed by atoms with van der Waals surface area (Å²) in [6, 6.07) is 22.4. The van der Waals surface area contributed by atoms with E-state index in [4.69, 9.17) is 0 Å². The molecule has 1 nitrogen and oxygen atoms in total. The van der Waals surface area contributed by atoms with Crippen LogP contribution in [0.15, 0.2) is 94.3 Å². The smallest absolute Gasteiger partial charge is 0.0649 e. The molecule has 0 saturated heterocycles. The van der Waals surface area contributed by atoms with Crippen molar-refractivity contribution in [3.05, 3.63) is 105 Å². The summed E-state index contributed by atoms with van der Waals surface area (Å²) in [6.07, 6.45) is 9.99. The maximum atomic E-state index is 4.25. The van der Waals surface area contributed by atoms with E-state index in [0.717, 1.165) is 6.42 Å². The third-order valence-electron chi connectivity index (χ3n) is 6.53. The van der Waals surface area contributed by atoms with Crippen molar-refractivity contribution in [2.75, 3.05) is 0 Å². The first-order valence-electron chi connectivity index (χ1n) is 11.7. The highest BCUT2D eigenvalue weighted by Crippen LogP contribution is 2.75. The molecule has 3 aromatic rings. The Balaban J connectivity index is 1.84. The van der Waals surface area contributed by atoms with Crippen LogP contribution >= 0.6 is 21.6 Å². The second-order valence-electron chi connectivity index (χ2n) is 10.0. The topological polar surface area (TPSA) is 12.0 Å². The number of hydrogen-bond acceptors (Lipinski definition) is 2. The lowest BCUT2D eigenvalue weighted by molar-refractivity contribution is 0.526. The van der Waals surface area contributed by atoms with Crippen LogP contribution in [0, 0.1) is 0 Å². The first-order chi connectivity index (χ1) is 15.8. The van der Waals surface area contributed by atoms with Gasteiger partial charge in [0, 0.05) is 25.1 Å². The highest BCUT2D eigenvalue weighted by Gasteiger charge is 2.47. The van der Waals surface area contributed by atoms with Gasteiger partial charge in [0.1, 0.15) is 0 Å². The summed E-state index contributed by atoms with van der Waals surface area (Å²) in [4.78, 5) is 5.76. The van der Waals surface area contributed by atoms with Crippen molar-refractivity contribution in [2.24, 2.45) is 0 Å². The van der Waals surface area contributed by atoms with Crippen molar-refractivity contribution in [3.63, 3.8) is 0 Å². The van der Waals surface area contributed by atoms with Gasteiger partial charge >= 0.3 is 0 Å². The summed E-state index contributed by atoms with van der Waals surface area (Å²) < 4.78 is 4.25. The Labute approximate surface area is 204 Å². The SMILES string of the molecule is CC1=C(C)C(S(NC(C)(C)C)(c2ccccc2)c2ccccc2)c2sc3c(c21)CC=CC=C3. The molecule has 1 aromatic heterocycles. The van der Waals surface area contributed by atoms with E-state index in [1.165, 1.54) is 41.8 Å². The van der Waals surface area contributed by atoms with Gasteiger partial charge in [0.2, 0.25) is 0 Å². The Morgan fingerprint density at radius 2 is 1.48 bits per heavy atom. The number of hydrogen-bond donors (Lipinski definition) is 1. The molecule has 0 amide bonds. The molecule has 1 heterocycles. The van der Waals surface area contributed by atoms with Crippen LogP contribution in [0.5, 0.6) is 0 Å². The van der Waals surface area contributed by atoms with Crippen LogP contribution in [0.2, 0.25) is 0 Å². The first kappa shape index (κ1) is 22.5. The second kappa shape index (κ2) is 8.47. The van der Waals surface area contributed by atoms with E-state index in [1.807, 2.05) is 11.3 Å². The summed E-state index contributed by atoms with van der Waals surface area (Å²) in [5.74, 6) is 0. The molecule has 2 aliphatic rings. The molecule has 0 saturated carbocycles. The van der Waals surface area contributed by atoms with Crippen molar-refractivity contribution < 1.29 is 0 Å². The van der Waals surface area contributed by atoms with E-state index in [9.17, 15) is 0 Å². The van der Waals surface area contributed by atoms with E-state index in [2.05, 4.69) is 124 Å². The van der Waals surface area contributed by atoms with E-state index in [1.54, 1.807) is 0 Å². The van der Waals surface area contributed by atoms with E-state index >= 15 is 0 Å². The van der Waals surface area contributed by atoms with Crippen molar-refractivity contribution in [1.29, 1.82) is 0 Å². The van der Waals surface area contributed by atoms with E-state index in [0.29, 0.717) is 5.25 Å². The van der Waals surface area contributed by atoms with Gasteiger partial charge in [0.15, 0.2) is 0 Å². The minimum Gasteiger partial charge on any atom is -0.267 e. The number of rotatable bonds is 4. The van der Waals surface area contributed by atoms with Crippen molar-refractivity contribution in [1.82, 2.24) is 4.72 Å². The molecule has 0 bridgehead atoms. The fourth-order valence-corrected chi connectivity index (χ4v) is 11.6. The molecule has 0 spiro atoms. The normalized spacial score (nSPS) is 18.3. The number of fused-ring (bicyclic) bond motifs is 3. The van der Waals surface area contributed by atoms with Gasteiger partial charge in [-0.05, 0) is 88.1 Å². The zero-order valence-corrected chi connectivity index (χ0v) is 21.8. The first-order valence-corrected chi connectivity index (χ1v) is 14.2. The van der Waals surface area contributed by atoms with Gasteiger partial charge < -0.3 is 0 Å². The predicted molar refractivity (Wildman–Crippen MR) is 147 cm³/mol. The zero-order chi connectivity index (χ0) is 23.2. The minimum atomic E-state index is -1.63. The summed E-state index contributed by atoms with van der Waals surface area (Å²) in [5, 5.41) is 0.311. The maximum absolute atomic E-state index is 4.25. The van der Waals surface area contributed by atoms with Crippen LogP contribution in [-0.4, -0.2) is 5.54 Å². The molecule has 33 heavy (non-hydrogen) atoms. The second-order valence-corrected chi connectivity index (χ2v) is 14.0. The summed E-state index contributed by atoms with van der Waals surface area (Å²) in [6.45, 7) is 11.6. The van der Waals surface area contributed by atoms with Gasteiger partial charge in [-0.25, -0.2) is 0 Å². The lowest BCUT2D eigenvalue weighted by atomic mass is 10.0. The Hall–Kier alpha value is -2.33. The highest BCUT2D eigenvalue weighted by atomic mass is 32.3. The van der Waals surface area contributed by atoms with Crippen molar-refractivity contribution in [2.45, 2.75) is 61.6 Å². The Morgan fingerprint density at radius 1 is 0.879 bits per heavy atom. The van der Waals surface area contributed by atoms with Crippen LogP contribution in [0.3, 0.4) is 0 Å². The number of allylic oxidation sites excluding steroid dienone is 4. The molecular formula is C30H33NS2. The summed E-state index contributed by atoms with van der Waals surface area (Å²) in [5.41, 5.74) is 5.94. The van der Waals surface area contributed by atoms with Gasteiger partial charge in [-0.1, -0.05) is 60.2 Å². The third-order valence-corrected chi connectivity index (χ3v) is 12.2. The lowest BCUT2D eigenvalue weighted by Gasteiger charge is -2.51. The molecule has 3 heteroatoms. The molecular weight excluding hydrogens is 438 g/mol. The predicted octanol–water partition coefficient (Wildman–Crippen LogP) is 8.95. The summed E-state index contributed by atoms with van der Waals surface area (Å²) >= 11 is 2.01. The van der Waals surface area contributed by atoms with Gasteiger partial charge in [-0.3, -0.25) is 4.72 Å². The molecule has 1 atom stereocenters. The average molecular weight is 472 g/mol. The fourth-order valence-electron chi connectivity index (χ4n) is 5.20. The molecule has 1 N–H and O–H groups in total. The molecule has 0 radical (unpaired) electrons. The lowest BCUT2D eigenvalue weighted by Crippen LogP contribution is -2.40. The Bertz CT molecular complexity index is 1210. The average Bonchev–Trinajstić information content (AvgIpc) is 3.15. The monoisotopic (exact) mass is 471 g/mol. The van der Waals surface area contributed by atoms with Crippen molar-refractivity contribution in [3.8, 4) is 0 Å². The quantitative estimate of drug-likeness (QED) is 0.400. The van der Waals surface area contributed by atoms with Gasteiger partial charge in [-0.2, -0.15) is 0 Å². The minimum absolute atomic E-state index is 0.0467. The van der Waals surface area contributed by atoms with E-state index < -0.39 is 10.2 Å². The van der Waals surface area contributed by atoms with Crippen LogP contribution in [0.4, 0.5) is 0 Å². The van der Waals surface area contributed by atoms with Crippen molar-refractivity contribution >= 4 is 33.2 Å². The van der Waals surface area contributed by atoms with Gasteiger partial charge in [0.05, 0.1) is 5.25 Å². The van der Waals surface area contributed by atoms with Gasteiger partial charge in [0.25, 0.3) is 0 Å². The molecule has 0 aliphatic heterocycles. The van der Waals surface area contributed by atoms with Crippen LogP contribution < -0.4 is 4.72 Å². The highest BCUT2D eigenvalue weighted by molar-refractivity contribution is 8.32. The number of benzene rings is 2. The van der Waals surface area contributed by atoms with Crippen LogP contribution in [-0.2, 0) is 6.42 Å². The van der Waals surface area contributed by atoms with E-state index in [-0.39, 0.29) is 5.54 Å². The standard InChI is InChI=1S/C30H33NS2/c1-21-22(2)29(28-27(21)25-19-13-8-14-20-26(25)32-28)33(31-30(3,4)5,23-15-9-6-10-16-23)24-17-11-7-12-18-24/h6-18,20,29,31H,19H2,1-5H3. The third kappa shape index (κ3) is 3.77. The fraction of sp³-hybridized carbons (Fsp3) is 0.267. The Kier molecular flexibility index (Phi) is 5.76. The van der Waals surface area contributed by atoms with Crippen LogP contribution in [0.25, 0.3) is 11.6 Å². The maximum Gasteiger partial charge on any atom is 0.0649 e.